The highest BCUT2D eigenvalue weighted by molar-refractivity contribution is 5.77. The second-order valence-electron chi connectivity index (χ2n) is 5.41. The smallest absolute Gasteiger partial charge is 0.416 e. The maximum absolute atomic E-state index is 12.4. The summed E-state index contributed by atoms with van der Waals surface area (Å²) in [5, 5.41) is 2.86. The van der Waals surface area contributed by atoms with E-state index in [1.807, 2.05) is 0 Å². The van der Waals surface area contributed by atoms with Crippen LogP contribution in [0.1, 0.15) is 24.8 Å². The van der Waals surface area contributed by atoms with Crippen molar-refractivity contribution < 1.29 is 22.7 Å². The Morgan fingerprint density at radius 3 is 2.55 bits per heavy atom. The number of rotatable bonds is 5. The van der Waals surface area contributed by atoms with E-state index in [9.17, 15) is 18.0 Å². The summed E-state index contributed by atoms with van der Waals surface area (Å²) < 4.78 is 42.5. The predicted molar refractivity (Wildman–Crippen MR) is 75.3 cm³/mol. The molecule has 0 spiro atoms. The number of nitrogens with one attached hydrogen (secondary N) is 1. The molecule has 1 fully saturated rings. The van der Waals surface area contributed by atoms with Crippen LogP contribution >= 0.6 is 0 Å². The molecule has 3 N–H and O–H groups in total. The molecule has 1 saturated carbocycles. The lowest BCUT2D eigenvalue weighted by Crippen LogP contribution is -2.42. The molecule has 2 rings (SSSR count). The highest BCUT2D eigenvalue weighted by Crippen LogP contribution is 2.30. The van der Waals surface area contributed by atoms with Crippen LogP contribution in [-0.2, 0) is 11.0 Å². The number of ether oxygens (including phenoxy) is 1. The second-order valence-corrected chi connectivity index (χ2v) is 5.41. The van der Waals surface area contributed by atoms with Gasteiger partial charge in [0, 0.05) is 6.04 Å². The summed E-state index contributed by atoms with van der Waals surface area (Å²) in [6.45, 7) is 0.309. The minimum Gasteiger partial charge on any atom is -0.484 e. The first-order valence-corrected chi connectivity index (χ1v) is 7.19. The van der Waals surface area contributed by atoms with Crippen LogP contribution in [0.5, 0.6) is 5.75 Å². The molecule has 2 unspecified atom stereocenters. The SMILES string of the molecule is NCC1CCCC1NC(=O)COc1ccc(C(F)(F)F)cc1. The molecule has 1 aliphatic rings. The van der Waals surface area contributed by atoms with Gasteiger partial charge in [-0.2, -0.15) is 13.2 Å². The predicted octanol–water partition coefficient (Wildman–Crippen LogP) is 2.33. The van der Waals surface area contributed by atoms with Crippen molar-refractivity contribution in [3.63, 3.8) is 0 Å². The lowest BCUT2D eigenvalue weighted by atomic mass is 10.0. The molecular formula is C15H19F3N2O2. The number of amides is 1. The first-order valence-electron chi connectivity index (χ1n) is 7.19. The fraction of sp³-hybridized carbons (Fsp3) is 0.533. The third kappa shape index (κ3) is 4.37. The van der Waals surface area contributed by atoms with Crippen LogP contribution in [0.15, 0.2) is 24.3 Å². The minimum absolute atomic E-state index is 0.0636. The van der Waals surface area contributed by atoms with Gasteiger partial charge in [0.25, 0.3) is 5.91 Å². The number of halogens is 3. The number of hydrogen-bond donors (Lipinski definition) is 2. The van der Waals surface area contributed by atoms with Gasteiger partial charge in [-0.05, 0) is 49.6 Å². The van der Waals surface area contributed by atoms with E-state index in [0.29, 0.717) is 6.54 Å². The average Bonchev–Trinajstić information content (AvgIpc) is 2.92. The molecule has 122 valence electrons. The van der Waals surface area contributed by atoms with Crippen molar-refractivity contribution in [3.8, 4) is 5.75 Å². The van der Waals surface area contributed by atoms with Gasteiger partial charge in [0.1, 0.15) is 5.75 Å². The van der Waals surface area contributed by atoms with Crippen LogP contribution < -0.4 is 15.8 Å². The number of alkyl halides is 3. The Morgan fingerprint density at radius 1 is 1.27 bits per heavy atom. The van der Waals surface area contributed by atoms with E-state index in [0.717, 1.165) is 31.4 Å². The molecule has 2 atom stereocenters. The van der Waals surface area contributed by atoms with E-state index >= 15 is 0 Å². The second kappa shape index (κ2) is 7.00. The Bertz CT molecular complexity index is 503. The summed E-state index contributed by atoms with van der Waals surface area (Å²) in [5.41, 5.74) is 4.89. The number of nitrogens with two attached hydrogens (primary N) is 1. The van der Waals surface area contributed by atoms with Gasteiger partial charge in [-0.15, -0.1) is 0 Å². The zero-order valence-corrected chi connectivity index (χ0v) is 12.0. The van der Waals surface area contributed by atoms with Gasteiger partial charge >= 0.3 is 6.18 Å². The molecule has 0 aromatic heterocycles. The van der Waals surface area contributed by atoms with Gasteiger partial charge in [-0.3, -0.25) is 4.79 Å². The Balaban J connectivity index is 1.81. The molecule has 0 aliphatic heterocycles. The van der Waals surface area contributed by atoms with Crippen LogP contribution in [0, 0.1) is 5.92 Å². The molecule has 1 aromatic carbocycles. The highest BCUT2D eigenvalue weighted by atomic mass is 19.4. The molecule has 0 radical (unpaired) electrons. The maximum Gasteiger partial charge on any atom is 0.416 e. The number of benzene rings is 1. The highest BCUT2D eigenvalue weighted by Gasteiger charge is 2.30. The lowest BCUT2D eigenvalue weighted by molar-refractivity contribution is -0.137. The first kappa shape index (κ1) is 16.6. The molecule has 22 heavy (non-hydrogen) atoms. The first-order chi connectivity index (χ1) is 10.4. The molecule has 7 heteroatoms. The Labute approximate surface area is 126 Å². The average molecular weight is 316 g/mol. The lowest BCUT2D eigenvalue weighted by Gasteiger charge is -2.19. The van der Waals surface area contributed by atoms with Crippen LogP contribution in [0.2, 0.25) is 0 Å². The topological polar surface area (TPSA) is 64.3 Å². The van der Waals surface area contributed by atoms with Crippen LogP contribution in [0.3, 0.4) is 0 Å². The summed E-state index contributed by atoms with van der Waals surface area (Å²) in [6.07, 6.45) is -1.45. The molecule has 0 bridgehead atoms. The van der Waals surface area contributed by atoms with E-state index in [1.165, 1.54) is 12.1 Å². The number of carbonyl (C=O) groups excluding carboxylic acids is 1. The molecule has 0 saturated heterocycles. The van der Waals surface area contributed by atoms with Gasteiger partial charge < -0.3 is 15.8 Å². The van der Waals surface area contributed by atoms with Gasteiger partial charge in [-0.25, -0.2) is 0 Å². The van der Waals surface area contributed by atoms with Crippen molar-refractivity contribution in [2.24, 2.45) is 11.7 Å². The van der Waals surface area contributed by atoms with Crippen molar-refractivity contribution in [2.75, 3.05) is 13.2 Å². The van der Waals surface area contributed by atoms with Crippen molar-refractivity contribution in [1.82, 2.24) is 5.32 Å². The van der Waals surface area contributed by atoms with Gasteiger partial charge in [0.15, 0.2) is 6.61 Å². The van der Waals surface area contributed by atoms with Gasteiger partial charge in [0.05, 0.1) is 5.56 Å². The summed E-state index contributed by atoms with van der Waals surface area (Å²) >= 11 is 0. The quantitative estimate of drug-likeness (QED) is 0.876. The number of hydrogen-bond acceptors (Lipinski definition) is 3. The van der Waals surface area contributed by atoms with E-state index < -0.39 is 11.7 Å². The van der Waals surface area contributed by atoms with Crippen molar-refractivity contribution in [1.29, 1.82) is 0 Å². The summed E-state index contributed by atoms with van der Waals surface area (Å²) in [6, 6.07) is 4.32. The van der Waals surface area contributed by atoms with Crippen molar-refractivity contribution in [3.05, 3.63) is 29.8 Å². The molecule has 1 amide bonds. The Kier molecular flexibility index (Phi) is 5.28. The van der Waals surface area contributed by atoms with Crippen molar-refractivity contribution in [2.45, 2.75) is 31.5 Å². The molecule has 0 heterocycles. The fourth-order valence-electron chi connectivity index (χ4n) is 2.65. The standard InChI is InChI=1S/C15H19F3N2O2/c16-15(17,18)11-4-6-12(7-5-11)22-9-14(21)20-13-3-1-2-10(13)8-19/h4-7,10,13H,1-3,8-9,19H2,(H,20,21). The van der Waals surface area contributed by atoms with Crippen LogP contribution in [-0.4, -0.2) is 25.1 Å². The monoisotopic (exact) mass is 316 g/mol. The summed E-state index contributed by atoms with van der Waals surface area (Å²) in [5.74, 6) is 0.227. The van der Waals surface area contributed by atoms with E-state index in [1.54, 1.807) is 0 Å². The van der Waals surface area contributed by atoms with Gasteiger partial charge in [0.2, 0.25) is 0 Å². The molecular weight excluding hydrogens is 297 g/mol. The Hall–Kier alpha value is -1.76. The third-order valence-corrected chi connectivity index (χ3v) is 3.86. The number of carbonyl (C=O) groups is 1. The molecule has 4 nitrogen and oxygen atoms in total. The normalized spacial score (nSPS) is 21.6. The third-order valence-electron chi connectivity index (χ3n) is 3.86. The summed E-state index contributed by atoms with van der Waals surface area (Å²) in [7, 11) is 0. The van der Waals surface area contributed by atoms with Gasteiger partial charge in [-0.1, -0.05) is 6.42 Å². The molecule has 1 aromatic rings. The van der Waals surface area contributed by atoms with E-state index in [-0.39, 0.29) is 30.2 Å². The van der Waals surface area contributed by atoms with E-state index in [4.69, 9.17) is 10.5 Å². The largest absolute Gasteiger partial charge is 0.484 e. The fourth-order valence-corrected chi connectivity index (χ4v) is 2.65. The van der Waals surface area contributed by atoms with Crippen LogP contribution in [0.25, 0.3) is 0 Å². The maximum atomic E-state index is 12.4. The summed E-state index contributed by atoms with van der Waals surface area (Å²) in [4.78, 5) is 11.8. The molecule has 1 aliphatic carbocycles. The van der Waals surface area contributed by atoms with Crippen LogP contribution in [0.4, 0.5) is 13.2 Å². The van der Waals surface area contributed by atoms with Crippen molar-refractivity contribution >= 4 is 5.91 Å². The zero-order chi connectivity index (χ0) is 16.2. The Morgan fingerprint density at radius 2 is 1.95 bits per heavy atom. The van der Waals surface area contributed by atoms with E-state index in [2.05, 4.69) is 5.32 Å². The minimum atomic E-state index is -4.38. The zero-order valence-electron chi connectivity index (χ0n) is 12.0.